The fraction of sp³-hybridized carbons (Fsp3) is 0. The molecule has 0 aliphatic carbocycles. The third kappa shape index (κ3) is 5.78. The van der Waals surface area contributed by atoms with E-state index in [-0.39, 0.29) is 11.3 Å². The van der Waals surface area contributed by atoms with E-state index in [2.05, 4.69) is 10.3 Å². The standard InChI is InChI=1S/C24H15F4N3O4S/c25-20-7-3-16(10-22(20)27)30-15-1-4-17(5-2-15)35-18-9-14(12-29-13-18)24(32)31-36(33,34)19-6-8-21(26)23(28)11-19/h1-13,30H,(H,31,32). The van der Waals surface area contributed by atoms with Gasteiger partial charge in [0, 0.05) is 23.6 Å². The van der Waals surface area contributed by atoms with Gasteiger partial charge in [-0.2, -0.15) is 0 Å². The Balaban J connectivity index is 1.43. The van der Waals surface area contributed by atoms with Crippen molar-refractivity contribution in [1.82, 2.24) is 9.71 Å². The number of benzene rings is 3. The van der Waals surface area contributed by atoms with Crippen LogP contribution in [0.2, 0.25) is 0 Å². The zero-order valence-corrected chi connectivity index (χ0v) is 18.8. The van der Waals surface area contributed by atoms with E-state index in [0.717, 1.165) is 24.4 Å². The van der Waals surface area contributed by atoms with E-state index < -0.39 is 44.1 Å². The highest BCUT2D eigenvalue weighted by Crippen LogP contribution is 2.25. The van der Waals surface area contributed by atoms with Crippen LogP contribution in [0.3, 0.4) is 0 Å². The zero-order chi connectivity index (χ0) is 25.9. The van der Waals surface area contributed by atoms with Gasteiger partial charge in [0.25, 0.3) is 15.9 Å². The highest BCUT2D eigenvalue weighted by Gasteiger charge is 2.21. The van der Waals surface area contributed by atoms with Gasteiger partial charge in [-0.3, -0.25) is 9.78 Å². The van der Waals surface area contributed by atoms with Crippen molar-refractivity contribution in [2.24, 2.45) is 0 Å². The molecule has 3 aromatic carbocycles. The Kier molecular flexibility index (Phi) is 6.88. The van der Waals surface area contributed by atoms with Crippen LogP contribution in [0.25, 0.3) is 0 Å². The summed E-state index contributed by atoms with van der Waals surface area (Å²) in [7, 11) is -4.48. The summed E-state index contributed by atoms with van der Waals surface area (Å²) in [5, 5.41) is 2.90. The van der Waals surface area contributed by atoms with Crippen molar-refractivity contribution >= 4 is 27.3 Å². The van der Waals surface area contributed by atoms with Gasteiger partial charge in [-0.1, -0.05) is 0 Å². The summed E-state index contributed by atoms with van der Waals surface area (Å²) >= 11 is 0. The minimum absolute atomic E-state index is 0.106. The molecule has 1 amide bonds. The van der Waals surface area contributed by atoms with Gasteiger partial charge >= 0.3 is 0 Å². The van der Waals surface area contributed by atoms with Gasteiger partial charge in [0.1, 0.15) is 11.5 Å². The molecule has 0 aliphatic rings. The Morgan fingerprint density at radius 3 is 2.03 bits per heavy atom. The van der Waals surface area contributed by atoms with Crippen LogP contribution in [0.4, 0.5) is 28.9 Å². The molecule has 0 atom stereocenters. The molecular formula is C24H15F4N3O4S. The van der Waals surface area contributed by atoms with E-state index >= 15 is 0 Å². The predicted octanol–water partition coefficient (Wildman–Crippen LogP) is 5.29. The van der Waals surface area contributed by atoms with Crippen molar-refractivity contribution in [3.8, 4) is 11.5 Å². The maximum atomic E-state index is 13.4. The summed E-state index contributed by atoms with van der Waals surface area (Å²) in [6.07, 6.45) is 2.38. The summed E-state index contributed by atoms with van der Waals surface area (Å²) in [5.74, 6) is -5.20. The number of nitrogens with one attached hydrogen (secondary N) is 2. The third-order valence-electron chi connectivity index (χ3n) is 4.70. The number of rotatable bonds is 7. The SMILES string of the molecule is O=C(NS(=O)(=O)c1ccc(F)c(F)c1)c1cncc(Oc2ccc(Nc3ccc(F)c(F)c3)cc2)c1. The van der Waals surface area contributed by atoms with Gasteiger partial charge in [0.15, 0.2) is 23.3 Å². The number of hydrogen-bond acceptors (Lipinski definition) is 6. The molecule has 12 heteroatoms. The van der Waals surface area contributed by atoms with Crippen LogP contribution in [0.15, 0.2) is 84.0 Å². The zero-order valence-electron chi connectivity index (χ0n) is 18.0. The molecule has 0 spiro atoms. The molecule has 1 heterocycles. The molecule has 4 rings (SSSR count). The molecule has 0 aliphatic heterocycles. The van der Waals surface area contributed by atoms with E-state index in [1.165, 1.54) is 18.3 Å². The number of sulfonamides is 1. The van der Waals surface area contributed by atoms with Crippen LogP contribution in [0, 0.1) is 23.3 Å². The lowest BCUT2D eigenvalue weighted by Gasteiger charge is -2.10. The molecule has 184 valence electrons. The first kappa shape index (κ1) is 24.7. The van der Waals surface area contributed by atoms with Crippen molar-refractivity contribution in [1.29, 1.82) is 0 Å². The van der Waals surface area contributed by atoms with Gasteiger partial charge < -0.3 is 10.1 Å². The maximum Gasteiger partial charge on any atom is 0.266 e. The first-order chi connectivity index (χ1) is 17.1. The van der Waals surface area contributed by atoms with E-state index in [1.54, 1.807) is 29.0 Å². The number of ether oxygens (including phenoxy) is 1. The lowest BCUT2D eigenvalue weighted by atomic mass is 10.2. The van der Waals surface area contributed by atoms with Crippen LogP contribution >= 0.6 is 0 Å². The van der Waals surface area contributed by atoms with Crippen LogP contribution in [0.5, 0.6) is 11.5 Å². The highest BCUT2D eigenvalue weighted by molar-refractivity contribution is 7.90. The van der Waals surface area contributed by atoms with Crippen LogP contribution in [-0.2, 0) is 10.0 Å². The molecule has 0 unspecified atom stereocenters. The number of halogens is 4. The highest BCUT2D eigenvalue weighted by atomic mass is 32.2. The van der Waals surface area contributed by atoms with Crippen molar-refractivity contribution in [2.45, 2.75) is 4.90 Å². The molecule has 0 saturated carbocycles. The number of amides is 1. The fourth-order valence-electron chi connectivity index (χ4n) is 2.97. The molecular weight excluding hydrogens is 502 g/mol. The van der Waals surface area contributed by atoms with E-state index in [1.807, 2.05) is 0 Å². The number of carbonyl (C=O) groups excluding carboxylic acids is 1. The Morgan fingerprint density at radius 1 is 0.722 bits per heavy atom. The van der Waals surface area contributed by atoms with E-state index in [0.29, 0.717) is 29.3 Å². The third-order valence-corrected chi connectivity index (χ3v) is 6.03. The van der Waals surface area contributed by atoms with Crippen molar-refractivity contribution in [3.63, 3.8) is 0 Å². The molecule has 0 radical (unpaired) electrons. The molecule has 0 fully saturated rings. The van der Waals surface area contributed by atoms with Gasteiger partial charge in [-0.05, 0) is 60.7 Å². The molecule has 36 heavy (non-hydrogen) atoms. The summed E-state index contributed by atoms with van der Waals surface area (Å²) in [6, 6.07) is 12.8. The van der Waals surface area contributed by atoms with Gasteiger partial charge in [0.05, 0.1) is 16.7 Å². The van der Waals surface area contributed by atoms with Crippen LogP contribution < -0.4 is 14.8 Å². The Hall–Kier alpha value is -4.45. The fourth-order valence-corrected chi connectivity index (χ4v) is 3.95. The van der Waals surface area contributed by atoms with Crippen LogP contribution in [0.1, 0.15) is 10.4 Å². The lowest BCUT2D eigenvalue weighted by Crippen LogP contribution is -2.30. The molecule has 0 saturated heterocycles. The number of pyridine rings is 1. The average Bonchev–Trinajstić information content (AvgIpc) is 2.84. The maximum absolute atomic E-state index is 13.4. The Morgan fingerprint density at radius 2 is 1.36 bits per heavy atom. The summed E-state index contributed by atoms with van der Waals surface area (Å²) in [6.45, 7) is 0. The van der Waals surface area contributed by atoms with Crippen molar-refractivity contribution in [2.75, 3.05) is 5.32 Å². The smallest absolute Gasteiger partial charge is 0.266 e. The molecule has 0 bridgehead atoms. The monoisotopic (exact) mass is 517 g/mol. The second-order valence-electron chi connectivity index (χ2n) is 7.30. The van der Waals surface area contributed by atoms with E-state index in [9.17, 15) is 30.8 Å². The van der Waals surface area contributed by atoms with Gasteiger partial charge in [-0.15, -0.1) is 0 Å². The second-order valence-corrected chi connectivity index (χ2v) is 8.98. The lowest BCUT2D eigenvalue weighted by molar-refractivity contribution is 0.0980. The Labute approximate surface area is 202 Å². The average molecular weight is 517 g/mol. The van der Waals surface area contributed by atoms with Gasteiger partial charge in [-0.25, -0.2) is 30.7 Å². The van der Waals surface area contributed by atoms with Crippen LogP contribution in [-0.4, -0.2) is 19.3 Å². The topological polar surface area (TPSA) is 97.4 Å². The number of anilines is 2. The predicted molar refractivity (Wildman–Crippen MR) is 121 cm³/mol. The largest absolute Gasteiger partial charge is 0.456 e. The van der Waals surface area contributed by atoms with Crippen molar-refractivity contribution in [3.05, 3.63) is 108 Å². The van der Waals surface area contributed by atoms with Gasteiger partial charge in [0.2, 0.25) is 0 Å². The van der Waals surface area contributed by atoms with E-state index in [4.69, 9.17) is 4.74 Å². The number of carbonyl (C=O) groups is 1. The minimum atomic E-state index is -4.48. The number of aromatic nitrogens is 1. The Bertz CT molecular complexity index is 1550. The quantitative estimate of drug-likeness (QED) is 0.323. The summed E-state index contributed by atoms with van der Waals surface area (Å²) < 4.78 is 84.9. The van der Waals surface area contributed by atoms with Crippen molar-refractivity contribution < 1.29 is 35.5 Å². The normalized spacial score (nSPS) is 11.1. The first-order valence-electron chi connectivity index (χ1n) is 10.1. The molecule has 1 aromatic heterocycles. The molecule has 4 aromatic rings. The minimum Gasteiger partial charge on any atom is -0.456 e. The molecule has 2 N–H and O–H groups in total. The summed E-state index contributed by atoms with van der Waals surface area (Å²) in [4.78, 5) is 15.7. The number of nitrogens with zero attached hydrogens (tertiary/aromatic N) is 1. The molecule has 7 nitrogen and oxygen atoms in total. The first-order valence-corrected chi connectivity index (χ1v) is 11.6. The second kappa shape index (κ2) is 10.0. The summed E-state index contributed by atoms with van der Waals surface area (Å²) in [5.41, 5.74) is 0.723. The number of hydrogen-bond donors (Lipinski definition) is 2.